The molecule has 1 fully saturated rings. The van der Waals surface area contributed by atoms with Crippen LogP contribution in [0.2, 0.25) is 0 Å². The number of rotatable bonds is 3. The second kappa shape index (κ2) is 5.29. The first-order valence-electron chi connectivity index (χ1n) is 8.39. The van der Waals surface area contributed by atoms with E-state index in [2.05, 4.69) is 30.3 Å². The maximum absolute atomic E-state index is 12.8. The number of carbonyl (C=O) groups excluding carboxylic acids is 1. The van der Waals surface area contributed by atoms with E-state index in [9.17, 15) is 4.79 Å². The number of Topliss-reactive ketones (excluding diaryl/α,β-unsaturated/α-hetero) is 1. The topological polar surface area (TPSA) is 17.1 Å². The summed E-state index contributed by atoms with van der Waals surface area (Å²) < 4.78 is 0. The molecule has 0 unspecified atom stereocenters. The molecule has 0 aromatic heterocycles. The highest BCUT2D eigenvalue weighted by Crippen LogP contribution is 2.34. The molecule has 0 saturated heterocycles. The zero-order valence-electron chi connectivity index (χ0n) is 12.5. The SMILES string of the molecule is O=C(CC1CCCCC1)c1ccc2c3c(cccc13)CC2. The van der Waals surface area contributed by atoms with E-state index in [4.69, 9.17) is 0 Å². The molecule has 21 heavy (non-hydrogen) atoms. The van der Waals surface area contributed by atoms with Crippen molar-refractivity contribution in [3.8, 4) is 0 Å². The summed E-state index contributed by atoms with van der Waals surface area (Å²) in [6.07, 6.45) is 9.47. The van der Waals surface area contributed by atoms with Crippen molar-refractivity contribution < 1.29 is 4.79 Å². The van der Waals surface area contributed by atoms with Gasteiger partial charge in [-0.1, -0.05) is 62.4 Å². The van der Waals surface area contributed by atoms with Crippen LogP contribution in [-0.2, 0) is 12.8 Å². The number of carbonyl (C=O) groups is 1. The molecule has 0 radical (unpaired) electrons. The lowest BCUT2D eigenvalue weighted by molar-refractivity contribution is 0.0952. The van der Waals surface area contributed by atoms with Crippen molar-refractivity contribution in [2.24, 2.45) is 5.92 Å². The number of hydrogen-bond donors (Lipinski definition) is 0. The lowest BCUT2D eigenvalue weighted by atomic mass is 9.84. The van der Waals surface area contributed by atoms with Gasteiger partial charge in [-0.3, -0.25) is 4.79 Å². The Morgan fingerprint density at radius 3 is 2.52 bits per heavy atom. The van der Waals surface area contributed by atoms with Gasteiger partial charge in [-0.15, -0.1) is 0 Å². The molecule has 4 rings (SSSR count). The van der Waals surface area contributed by atoms with Gasteiger partial charge < -0.3 is 0 Å². The maximum atomic E-state index is 12.8. The Hall–Kier alpha value is -1.63. The van der Waals surface area contributed by atoms with Crippen molar-refractivity contribution in [2.75, 3.05) is 0 Å². The van der Waals surface area contributed by atoms with Gasteiger partial charge in [0, 0.05) is 12.0 Å². The molecular formula is C20H22O. The van der Waals surface area contributed by atoms with Gasteiger partial charge in [0.1, 0.15) is 0 Å². The average molecular weight is 278 g/mol. The summed E-state index contributed by atoms with van der Waals surface area (Å²) in [5.74, 6) is 0.979. The van der Waals surface area contributed by atoms with Gasteiger partial charge in [-0.2, -0.15) is 0 Å². The largest absolute Gasteiger partial charge is 0.294 e. The highest BCUT2D eigenvalue weighted by Gasteiger charge is 2.22. The second-order valence-corrected chi connectivity index (χ2v) is 6.74. The van der Waals surface area contributed by atoms with Crippen molar-refractivity contribution >= 4 is 16.6 Å². The van der Waals surface area contributed by atoms with Crippen molar-refractivity contribution in [3.63, 3.8) is 0 Å². The monoisotopic (exact) mass is 278 g/mol. The molecule has 108 valence electrons. The van der Waals surface area contributed by atoms with Crippen LogP contribution in [0.5, 0.6) is 0 Å². The minimum Gasteiger partial charge on any atom is -0.294 e. The summed E-state index contributed by atoms with van der Waals surface area (Å²) in [7, 11) is 0. The van der Waals surface area contributed by atoms with E-state index in [1.54, 1.807) is 0 Å². The van der Waals surface area contributed by atoms with Gasteiger partial charge in [0.15, 0.2) is 5.78 Å². The first-order chi connectivity index (χ1) is 10.3. The number of benzene rings is 2. The van der Waals surface area contributed by atoms with Gasteiger partial charge in [0.25, 0.3) is 0 Å². The van der Waals surface area contributed by atoms with Crippen LogP contribution < -0.4 is 0 Å². The van der Waals surface area contributed by atoms with Crippen LogP contribution >= 0.6 is 0 Å². The molecule has 2 aromatic rings. The zero-order chi connectivity index (χ0) is 14.2. The smallest absolute Gasteiger partial charge is 0.163 e. The van der Waals surface area contributed by atoms with E-state index in [-0.39, 0.29) is 0 Å². The summed E-state index contributed by atoms with van der Waals surface area (Å²) >= 11 is 0. The lowest BCUT2D eigenvalue weighted by Gasteiger charge is -2.21. The van der Waals surface area contributed by atoms with Crippen LogP contribution in [0.4, 0.5) is 0 Å². The van der Waals surface area contributed by atoms with Crippen LogP contribution in [-0.4, -0.2) is 5.78 Å². The van der Waals surface area contributed by atoms with Crippen LogP contribution in [0.1, 0.15) is 60.0 Å². The molecule has 2 aliphatic rings. The van der Waals surface area contributed by atoms with E-state index in [1.807, 2.05) is 0 Å². The van der Waals surface area contributed by atoms with E-state index in [0.29, 0.717) is 11.7 Å². The quantitative estimate of drug-likeness (QED) is 0.715. The molecule has 1 heteroatoms. The fourth-order valence-electron chi connectivity index (χ4n) is 4.25. The van der Waals surface area contributed by atoms with Crippen molar-refractivity contribution in [2.45, 2.75) is 51.4 Å². The standard InChI is InChI=1S/C20H22O/c21-19(13-14-5-2-1-3-6-14)17-12-11-16-10-9-15-7-4-8-18(17)20(15)16/h4,7-8,11-12,14H,1-3,5-6,9-10,13H2. The van der Waals surface area contributed by atoms with E-state index in [1.165, 1.54) is 54.0 Å². The highest BCUT2D eigenvalue weighted by molar-refractivity contribution is 6.10. The first kappa shape index (κ1) is 13.1. The Bertz CT molecular complexity index is 682. The molecule has 1 saturated carbocycles. The number of ketones is 1. The summed E-state index contributed by atoms with van der Waals surface area (Å²) in [5.41, 5.74) is 3.81. The Balaban J connectivity index is 1.69. The van der Waals surface area contributed by atoms with Crippen molar-refractivity contribution in [3.05, 3.63) is 47.0 Å². The number of aryl methyl sites for hydroxylation is 2. The molecule has 0 amide bonds. The third-order valence-electron chi connectivity index (χ3n) is 5.38. The molecule has 0 atom stereocenters. The minimum atomic E-state index is 0.359. The summed E-state index contributed by atoms with van der Waals surface area (Å²) in [4.78, 5) is 12.8. The summed E-state index contributed by atoms with van der Waals surface area (Å²) in [6.45, 7) is 0. The van der Waals surface area contributed by atoms with Gasteiger partial charge in [0.05, 0.1) is 0 Å². The van der Waals surface area contributed by atoms with Gasteiger partial charge >= 0.3 is 0 Å². The van der Waals surface area contributed by atoms with Crippen molar-refractivity contribution in [1.82, 2.24) is 0 Å². The first-order valence-corrected chi connectivity index (χ1v) is 8.39. The molecule has 0 aliphatic heterocycles. The molecule has 0 heterocycles. The summed E-state index contributed by atoms with van der Waals surface area (Å²) in [6, 6.07) is 10.7. The Kier molecular flexibility index (Phi) is 3.29. The molecule has 2 aromatic carbocycles. The van der Waals surface area contributed by atoms with Gasteiger partial charge in [0.2, 0.25) is 0 Å². The van der Waals surface area contributed by atoms with Gasteiger partial charge in [-0.05, 0) is 40.7 Å². The molecule has 0 N–H and O–H groups in total. The van der Waals surface area contributed by atoms with Crippen LogP contribution in [0.3, 0.4) is 0 Å². The average Bonchev–Trinajstić information content (AvgIpc) is 2.94. The second-order valence-electron chi connectivity index (χ2n) is 6.74. The molecular weight excluding hydrogens is 256 g/mol. The molecule has 0 bridgehead atoms. The van der Waals surface area contributed by atoms with E-state index >= 15 is 0 Å². The predicted octanol–water partition coefficient (Wildman–Crippen LogP) is 5.09. The van der Waals surface area contributed by atoms with E-state index in [0.717, 1.165) is 24.8 Å². The van der Waals surface area contributed by atoms with Crippen LogP contribution in [0.25, 0.3) is 10.8 Å². The Morgan fingerprint density at radius 1 is 0.952 bits per heavy atom. The lowest BCUT2D eigenvalue weighted by Crippen LogP contribution is -2.12. The normalized spacial score (nSPS) is 18.3. The van der Waals surface area contributed by atoms with Gasteiger partial charge in [-0.25, -0.2) is 0 Å². The Labute approximate surface area is 126 Å². The third-order valence-corrected chi connectivity index (χ3v) is 5.38. The third kappa shape index (κ3) is 2.29. The minimum absolute atomic E-state index is 0.359. The number of hydrogen-bond acceptors (Lipinski definition) is 1. The van der Waals surface area contributed by atoms with E-state index < -0.39 is 0 Å². The molecule has 0 spiro atoms. The highest BCUT2D eigenvalue weighted by atomic mass is 16.1. The predicted molar refractivity (Wildman–Crippen MR) is 86.9 cm³/mol. The molecule has 1 nitrogen and oxygen atoms in total. The maximum Gasteiger partial charge on any atom is 0.163 e. The Morgan fingerprint density at radius 2 is 1.71 bits per heavy atom. The summed E-state index contributed by atoms with van der Waals surface area (Å²) in [5, 5.41) is 2.57. The fraction of sp³-hybridized carbons (Fsp3) is 0.450. The van der Waals surface area contributed by atoms with Crippen LogP contribution in [0.15, 0.2) is 30.3 Å². The molecule has 2 aliphatic carbocycles. The van der Waals surface area contributed by atoms with Crippen LogP contribution in [0, 0.1) is 5.92 Å². The zero-order valence-corrected chi connectivity index (χ0v) is 12.5. The van der Waals surface area contributed by atoms with Crippen molar-refractivity contribution in [1.29, 1.82) is 0 Å². The fourth-order valence-corrected chi connectivity index (χ4v) is 4.25.